The lowest BCUT2D eigenvalue weighted by molar-refractivity contribution is -0.385. The molecule has 0 unspecified atom stereocenters. The summed E-state index contributed by atoms with van der Waals surface area (Å²) in [5, 5.41) is 14.4. The number of nitrogens with one attached hydrogen (secondary N) is 1. The van der Waals surface area contributed by atoms with Crippen molar-refractivity contribution in [3.8, 4) is 5.75 Å². The molecule has 1 aliphatic heterocycles. The predicted octanol–water partition coefficient (Wildman–Crippen LogP) is 2.21. The van der Waals surface area contributed by atoms with Crippen LogP contribution in [0.15, 0.2) is 18.2 Å². The Kier molecular flexibility index (Phi) is 6.87. The van der Waals surface area contributed by atoms with Gasteiger partial charge in [-0.2, -0.15) is 0 Å². The summed E-state index contributed by atoms with van der Waals surface area (Å²) in [5.41, 5.74) is 0.974. The lowest BCUT2D eigenvalue weighted by Crippen LogP contribution is -2.40. The maximum atomic E-state index is 11.0. The number of nitro benzene ring substituents is 1. The van der Waals surface area contributed by atoms with Gasteiger partial charge in [-0.25, -0.2) is 0 Å². The highest BCUT2D eigenvalue weighted by atomic mass is 35.5. The lowest BCUT2D eigenvalue weighted by atomic mass is 10.0. The van der Waals surface area contributed by atoms with Crippen molar-refractivity contribution in [2.75, 3.05) is 27.2 Å². The SMILES string of the molecule is COc1ccc(CN(C)C2CCNCC2)cc1[N+](=O)[O-].Cl. The number of rotatable bonds is 5. The molecule has 118 valence electrons. The largest absolute Gasteiger partial charge is 0.490 e. The summed E-state index contributed by atoms with van der Waals surface area (Å²) in [5.74, 6) is 0.309. The van der Waals surface area contributed by atoms with Gasteiger partial charge in [0.05, 0.1) is 12.0 Å². The predicted molar refractivity (Wildman–Crippen MR) is 84.3 cm³/mol. The second-order valence-corrected chi connectivity index (χ2v) is 5.16. The van der Waals surface area contributed by atoms with Gasteiger partial charge in [0.1, 0.15) is 0 Å². The van der Waals surface area contributed by atoms with E-state index in [2.05, 4.69) is 17.3 Å². The summed E-state index contributed by atoms with van der Waals surface area (Å²) >= 11 is 0. The van der Waals surface area contributed by atoms with Crippen molar-refractivity contribution >= 4 is 18.1 Å². The van der Waals surface area contributed by atoms with Crippen LogP contribution in [0.4, 0.5) is 5.69 Å². The van der Waals surface area contributed by atoms with Crippen LogP contribution in [0.1, 0.15) is 18.4 Å². The lowest BCUT2D eigenvalue weighted by Gasteiger charge is -2.31. The van der Waals surface area contributed by atoms with Crippen LogP contribution in [0.5, 0.6) is 5.75 Å². The Balaban J connectivity index is 0.00000220. The molecule has 1 aromatic carbocycles. The third-order valence-corrected chi connectivity index (χ3v) is 3.80. The molecular formula is C14H22ClN3O3. The quantitative estimate of drug-likeness (QED) is 0.666. The summed E-state index contributed by atoms with van der Waals surface area (Å²) in [6, 6.07) is 5.71. The van der Waals surface area contributed by atoms with Crippen molar-refractivity contribution in [2.45, 2.75) is 25.4 Å². The third-order valence-electron chi connectivity index (χ3n) is 3.80. The minimum absolute atomic E-state index is 0. The van der Waals surface area contributed by atoms with Gasteiger partial charge in [-0.1, -0.05) is 6.07 Å². The third kappa shape index (κ3) is 4.56. The van der Waals surface area contributed by atoms with Gasteiger partial charge in [0, 0.05) is 18.7 Å². The van der Waals surface area contributed by atoms with Crippen molar-refractivity contribution in [2.24, 2.45) is 0 Å². The van der Waals surface area contributed by atoms with Gasteiger partial charge in [-0.3, -0.25) is 15.0 Å². The summed E-state index contributed by atoms with van der Waals surface area (Å²) in [7, 11) is 3.52. The maximum absolute atomic E-state index is 11.0. The number of benzene rings is 1. The maximum Gasteiger partial charge on any atom is 0.311 e. The fourth-order valence-electron chi connectivity index (χ4n) is 2.64. The van der Waals surface area contributed by atoms with Crippen LogP contribution in [0.3, 0.4) is 0 Å². The van der Waals surface area contributed by atoms with E-state index in [1.54, 1.807) is 12.1 Å². The van der Waals surface area contributed by atoms with E-state index in [0.717, 1.165) is 38.0 Å². The Morgan fingerprint density at radius 1 is 1.43 bits per heavy atom. The van der Waals surface area contributed by atoms with Crippen LogP contribution in [0.25, 0.3) is 0 Å². The van der Waals surface area contributed by atoms with Crippen LogP contribution in [0.2, 0.25) is 0 Å². The first-order chi connectivity index (χ1) is 9.61. The molecule has 21 heavy (non-hydrogen) atoms. The molecule has 0 bridgehead atoms. The minimum atomic E-state index is -0.396. The molecule has 0 amide bonds. The van der Waals surface area contributed by atoms with Crippen LogP contribution >= 0.6 is 12.4 Å². The monoisotopic (exact) mass is 315 g/mol. The smallest absolute Gasteiger partial charge is 0.311 e. The fraction of sp³-hybridized carbons (Fsp3) is 0.571. The Morgan fingerprint density at radius 2 is 2.10 bits per heavy atom. The van der Waals surface area contributed by atoms with Crippen molar-refractivity contribution in [1.82, 2.24) is 10.2 Å². The standard InChI is InChI=1S/C14H21N3O3.ClH/c1-16(12-5-7-15-8-6-12)10-11-3-4-14(20-2)13(9-11)17(18)19;/h3-4,9,12,15H,5-8,10H2,1-2H3;1H. The number of nitrogens with zero attached hydrogens (tertiary/aromatic N) is 2. The molecule has 1 aliphatic rings. The summed E-state index contributed by atoms with van der Waals surface area (Å²) in [6.07, 6.45) is 2.24. The van der Waals surface area contributed by atoms with E-state index in [1.165, 1.54) is 7.11 Å². The molecule has 0 aliphatic carbocycles. The second-order valence-electron chi connectivity index (χ2n) is 5.16. The average molecular weight is 316 g/mol. The normalized spacial score (nSPS) is 15.6. The van der Waals surface area contributed by atoms with E-state index in [9.17, 15) is 10.1 Å². The van der Waals surface area contributed by atoms with Gasteiger partial charge in [0.2, 0.25) is 0 Å². The van der Waals surface area contributed by atoms with E-state index in [-0.39, 0.29) is 18.1 Å². The number of halogens is 1. The van der Waals surface area contributed by atoms with Gasteiger partial charge in [0.15, 0.2) is 5.75 Å². The van der Waals surface area contributed by atoms with Gasteiger partial charge in [0.25, 0.3) is 0 Å². The molecule has 1 aromatic rings. The molecule has 0 saturated carbocycles. The van der Waals surface area contributed by atoms with E-state index >= 15 is 0 Å². The van der Waals surface area contributed by atoms with Gasteiger partial charge in [-0.15, -0.1) is 12.4 Å². The first-order valence-electron chi connectivity index (χ1n) is 6.84. The van der Waals surface area contributed by atoms with Crippen molar-refractivity contribution in [3.63, 3.8) is 0 Å². The molecule has 1 N–H and O–H groups in total. The first-order valence-corrected chi connectivity index (χ1v) is 6.84. The average Bonchev–Trinajstić information content (AvgIpc) is 2.48. The van der Waals surface area contributed by atoms with E-state index in [4.69, 9.17) is 4.74 Å². The molecule has 2 rings (SSSR count). The van der Waals surface area contributed by atoms with Crippen LogP contribution in [0, 0.1) is 10.1 Å². The van der Waals surface area contributed by atoms with Crippen molar-refractivity contribution in [1.29, 1.82) is 0 Å². The molecule has 1 fully saturated rings. The molecular weight excluding hydrogens is 294 g/mol. The topological polar surface area (TPSA) is 67.6 Å². The summed E-state index contributed by atoms with van der Waals surface area (Å²) < 4.78 is 5.02. The van der Waals surface area contributed by atoms with Gasteiger partial charge in [-0.05, 0) is 44.6 Å². The molecule has 1 heterocycles. The summed E-state index contributed by atoms with van der Waals surface area (Å²) in [6.45, 7) is 2.80. The molecule has 0 aromatic heterocycles. The zero-order chi connectivity index (χ0) is 14.5. The molecule has 0 atom stereocenters. The van der Waals surface area contributed by atoms with Gasteiger partial charge < -0.3 is 10.1 Å². The molecule has 6 nitrogen and oxygen atoms in total. The molecule has 1 saturated heterocycles. The number of nitro groups is 1. The highest BCUT2D eigenvalue weighted by Crippen LogP contribution is 2.28. The molecule has 0 radical (unpaired) electrons. The minimum Gasteiger partial charge on any atom is -0.490 e. The number of methoxy groups -OCH3 is 1. The number of hydrogen-bond donors (Lipinski definition) is 1. The Hall–Kier alpha value is -1.37. The fourth-order valence-corrected chi connectivity index (χ4v) is 2.64. The Labute approximate surface area is 131 Å². The van der Waals surface area contributed by atoms with Crippen LogP contribution in [-0.2, 0) is 6.54 Å². The van der Waals surface area contributed by atoms with E-state index in [1.807, 2.05) is 6.07 Å². The zero-order valence-corrected chi connectivity index (χ0v) is 13.2. The van der Waals surface area contributed by atoms with Crippen LogP contribution in [-0.4, -0.2) is 43.1 Å². The highest BCUT2D eigenvalue weighted by molar-refractivity contribution is 5.85. The Bertz CT molecular complexity index is 479. The van der Waals surface area contributed by atoms with E-state index < -0.39 is 4.92 Å². The first kappa shape index (κ1) is 17.7. The molecule has 0 spiro atoms. The zero-order valence-electron chi connectivity index (χ0n) is 12.4. The van der Waals surface area contributed by atoms with Gasteiger partial charge >= 0.3 is 5.69 Å². The molecule has 7 heteroatoms. The van der Waals surface area contributed by atoms with Crippen molar-refractivity contribution in [3.05, 3.63) is 33.9 Å². The van der Waals surface area contributed by atoms with Crippen molar-refractivity contribution < 1.29 is 9.66 Å². The highest BCUT2D eigenvalue weighted by Gasteiger charge is 2.20. The second kappa shape index (κ2) is 8.17. The Morgan fingerprint density at radius 3 is 2.67 bits per heavy atom. The number of piperidine rings is 1. The summed E-state index contributed by atoms with van der Waals surface area (Å²) in [4.78, 5) is 12.9. The van der Waals surface area contributed by atoms with Crippen LogP contribution < -0.4 is 10.1 Å². The van der Waals surface area contributed by atoms with E-state index in [0.29, 0.717) is 11.8 Å². The number of hydrogen-bond acceptors (Lipinski definition) is 5. The number of ether oxygens (including phenoxy) is 1.